The molecule has 0 fully saturated rings. The molecule has 26 heavy (non-hydrogen) atoms. The van der Waals surface area contributed by atoms with Crippen LogP contribution in [0.4, 0.5) is 0 Å². The molecule has 0 aromatic rings. The first-order valence-electron chi connectivity index (χ1n) is 9.00. The number of carbonyl (C=O) groups excluding carboxylic acids is 2. The number of hydrogen-bond donors (Lipinski definition) is 1. The number of hydrogen-bond acceptors (Lipinski definition) is 6. The molecular formula is C17H31KO7S. The van der Waals surface area contributed by atoms with Gasteiger partial charge in [-0.05, 0) is 25.7 Å². The van der Waals surface area contributed by atoms with Crippen molar-refractivity contribution in [1.82, 2.24) is 0 Å². The predicted molar refractivity (Wildman–Crippen MR) is 92.4 cm³/mol. The Morgan fingerprint density at radius 2 is 1.54 bits per heavy atom. The van der Waals surface area contributed by atoms with Gasteiger partial charge in [-0.2, -0.15) is 8.42 Å². The second-order valence-electron chi connectivity index (χ2n) is 6.49. The van der Waals surface area contributed by atoms with Crippen LogP contribution in [-0.2, 0) is 24.4 Å². The van der Waals surface area contributed by atoms with Crippen molar-refractivity contribution in [1.29, 1.82) is 0 Å². The summed E-state index contributed by atoms with van der Waals surface area (Å²) in [5, 5.41) is 8.58. The normalized spacial score (nSPS) is 12.9. The zero-order valence-electron chi connectivity index (χ0n) is 16.5. The fraction of sp³-hybridized carbons (Fsp3) is 0.882. The van der Waals surface area contributed by atoms with Crippen molar-refractivity contribution < 1.29 is 83.8 Å². The largest absolute Gasteiger partial charge is 1.00 e. The number of carboxylic acid groups (broad SMARTS) is 1. The fourth-order valence-corrected chi connectivity index (χ4v) is 3.69. The van der Waals surface area contributed by atoms with Crippen molar-refractivity contribution >= 4 is 22.1 Å². The van der Waals surface area contributed by atoms with Crippen LogP contribution in [0.1, 0.15) is 85.0 Å². The van der Waals surface area contributed by atoms with Gasteiger partial charge in [0.1, 0.15) is 5.60 Å². The molecule has 0 aliphatic carbocycles. The number of rotatable bonds is 14. The summed E-state index contributed by atoms with van der Waals surface area (Å²) < 4.78 is 37.4. The minimum absolute atomic E-state index is 0. The second kappa shape index (κ2) is 14.5. The maximum absolute atomic E-state index is 12.3. The van der Waals surface area contributed by atoms with E-state index in [0.29, 0.717) is 19.3 Å². The van der Waals surface area contributed by atoms with E-state index in [9.17, 15) is 27.7 Å². The average Bonchev–Trinajstić information content (AvgIpc) is 2.48. The van der Waals surface area contributed by atoms with Crippen molar-refractivity contribution in [2.24, 2.45) is 0 Å². The van der Waals surface area contributed by atoms with Gasteiger partial charge in [-0.1, -0.05) is 52.9 Å². The summed E-state index contributed by atoms with van der Waals surface area (Å²) in [5.74, 6) is -2.96. The maximum atomic E-state index is 12.3. The number of carbonyl (C=O) groups is 2. The maximum Gasteiger partial charge on any atom is 1.00 e. The van der Waals surface area contributed by atoms with Crippen LogP contribution in [0.25, 0.3) is 0 Å². The molecule has 0 rings (SSSR count). The molecule has 7 nitrogen and oxygen atoms in total. The molecule has 0 aliphatic heterocycles. The van der Waals surface area contributed by atoms with Crippen LogP contribution >= 0.6 is 0 Å². The molecular weight excluding hydrogens is 387 g/mol. The number of ether oxygens (including phenoxy) is 1. The zero-order chi connectivity index (χ0) is 19.5. The van der Waals surface area contributed by atoms with Crippen LogP contribution in [0.3, 0.4) is 0 Å². The van der Waals surface area contributed by atoms with E-state index in [1.807, 2.05) is 13.8 Å². The second-order valence-corrected chi connectivity index (χ2v) is 8.09. The average molecular weight is 419 g/mol. The summed E-state index contributed by atoms with van der Waals surface area (Å²) in [6.45, 7) is 5.96. The van der Waals surface area contributed by atoms with Crippen LogP contribution in [0.5, 0.6) is 0 Å². The summed E-state index contributed by atoms with van der Waals surface area (Å²) in [7, 11) is -4.89. The minimum atomic E-state index is -4.89. The van der Waals surface area contributed by atoms with Gasteiger partial charge < -0.3 is 14.6 Å². The molecule has 0 aliphatic rings. The molecule has 0 radical (unpaired) electrons. The molecule has 148 valence electrons. The summed E-state index contributed by atoms with van der Waals surface area (Å²) in [6, 6.07) is 0. The van der Waals surface area contributed by atoms with Crippen molar-refractivity contribution in [2.45, 2.75) is 95.8 Å². The van der Waals surface area contributed by atoms with E-state index >= 15 is 0 Å². The summed E-state index contributed by atoms with van der Waals surface area (Å²) in [6.07, 6.45) is 5.97. The molecule has 0 heterocycles. The van der Waals surface area contributed by atoms with Gasteiger partial charge in [0.2, 0.25) is 0 Å². The number of unbranched alkanes of at least 4 members (excludes halogenated alkanes) is 3. The zero-order valence-corrected chi connectivity index (χ0v) is 20.4. The third-order valence-corrected chi connectivity index (χ3v) is 5.27. The molecule has 9 heteroatoms. The third-order valence-electron chi connectivity index (χ3n) is 4.19. The Labute approximate surface area is 199 Å². The van der Waals surface area contributed by atoms with Gasteiger partial charge in [0, 0.05) is 12.4 Å². The van der Waals surface area contributed by atoms with Crippen LogP contribution in [0.2, 0.25) is 0 Å². The number of esters is 1. The van der Waals surface area contributed by atoms with Crippen LogP contribution < -0.4 is 56.5 Å². The smallest absolute Gasteiger partial charge is 0.550 e. The van der Waals surface area contributed by atoms with Crippen molar-refractivity contribution in [3.63, 3.8) is 0 Å². The predicted octanol–water partition coefficient (Wildman–Crippen LogP) is -0.761. The van der Waals surface area contributed by atoms with Gasteiger partial charge in [-0.15, -0.1) is 0 Å². The van der Waals surface area contributed by atoms with Crippen LogP contribution in [0, 0.1) is 0 Å². The van der Waals surface area contributed by atoms with Gasteiger partial charge >= 0.3 is 57.4 Å². The molecule has 0 aromatic heterocycles. The first-order chi connectivity index (χ1) is 11.6. The Hall–Kier alpha value is 0.486. The Morgan fingerprint density at radius 3 is 1.92 bits per heavy atom. The minimum Gasteiger partial charge on any atom is -0.550 e. The third kappa shape index (κ3) is 11.4. The standard InChI is InChI=1S/C17H32O7S.K/c1-4-7-8-9-12-17(10-5-2,11-6-3)24-16(20)14(13-15(18)19)25(21,22)23;/h14H,4-13H2,1-3H3,(H,18,19)(H,21,22,23);/q;+1/p-1. The summed E-state index contributed by atoms with van der Waals surface area (Å²) in [4.78, 5) is 23.1. The number of aliphatic carboxylic acids is 1. The fourth-order valence-electron chi connectivity index (χ4n) is 3.05. The molecule has 0 spiro atoms. The first-order valence-corrected chi connectivity index (χ1v) is 10.5. The van der Waals surface area contributed by atoms with E-state index in [0.717, 1.165) is 38.5 Å². The molecule has 1 unspecified atom stereocenters. The van der Waals surface area contributed by atoms with Crippen LogP contribution in [0.15, 0.2) is 0 Å². The molecule has 0 saturated heterocycles. The van der Waals surface area contributed by atoms with E-state index < -0.39 is 39.3 Å². The van der Waals surface area contributed by atoms with Crippen molar-refractivity contribution in [3.05, 3.63) is 0 Å². The van der Waals surface area contributed by atoms with E-state index in [1.165, 1.54) is 0 Å². The van der Waals surface area contributed by atoms with Crippen molar-refractivity contribution in [2.75, 3.05) is 0 Å². The van der Waals surface area contributed by atoms with Gasteiger partial charge in [0.05, 0.1) is 0 Å². The molecule has 0 bridgehead atoms. The molecule has 1 N–H and O–H groups in total. The summed E-state index contributed by atoms with van der Waals surface area (Å²) >= 11 is 0. The Morgan fingerprint density at radius 1 is 1.00 bits per heavy atom. The molecule has 0 amide bonds. The SMILES string of the molecule is CCCCCCC(CCC)(CCC)OC(=O)C(CC(=O)[O-])S(=O)(=O)O.[K+]. The van der Waals surface area contributed by atoms with Crippen LogP contribution in [-0.4, -0.2) is 35.8 Å². The Bertz CT molecular complexity index is 513. The van der Waals surface area contributed by atoms with Gasteiger partial charge in [0.25, 0.3) is 10.1 Å². The molecule has 1 atom stereocenters. The monoisotopic (exact) mass is 418 g/mol. The quantitative estimate of drug-likeness (QED) is 0.170. The van der Waals surface area contributed by atoms with E-state index in [1.54, 1.807) is 0 Å². The van der Waals surface area contributed by atoms with Gasteiger partial charge in [-0.25, -0.2) is 0 Å². The van der Waals surface area contributed by atoms with E-state index in [2.05, 4.69) is 6.92 Å². The van der Waals surface area contributed by atoms with Gasteiger partial charge in [0.15, 0.2) is 5.25 Å². The molecule has 0 aromatic carbocycles. The Balaban J connectivity index is 0. The first kappa shape index (κ1) is 28.7. The molecule has 0 saturated carbocycles. The topological polar surface area (TPSA) is 121 Å². The number of carboxylic acids is 1. The van der Waals surface area contributed by atoms with Gasteiger partial charge in [-0.3, -0.25) is 9.35 Å². The van der Waals surface area contributed by atoms with E-state index in [4.69, 9.17) is 4.74 Å². The Kier molecular flexibility index (Phi) is 16.0. The van der Waals surface area contributed by atoms with Crippen molar-refractivity contribution in [3.8, 4) is 0 Å². The van der Waals surface area contributed by atoms with E-state index in [-0.39, 0.29) is 51.4 Å². The summed E-state index contributed by atoms with van der Waals surface area (Å²) in [5.41, 5.74) is -0.830.